The molecule has 0 aliphatic heterocycles. The van der Waals surface area contributed by atoms with E-state index in [9.17, 15) is 22.0 Å². The normalized spacial score (nSPS) is 12.4. The number of carbonyl (C=O) groups excluding carboxylic acids is 1. The summed E-state index contributed by atoms with van der Waals surface area (Å²) in [5, 5.41) is 3.21. The lowest BCUT2D eigenvalue weighted by Gasteiger charge is -2.18. The molecule has 1 heterocycles. The molecule has 0 saturated heterocycles. The average molecular weight is 437 g/mol. The van der Waals surface area contributed by atoms with Crippen molar-refractivity contribution < 1.29 is 26.7 Å². The summed E-state index contributed by atoms with van der Waals surface area (Å²) in [6, 6.07) is 12.1. The number of hydrogen-bond donors (Lipinski definition) is 1. The summed E-state index contributed by atoms with van der Waals surface area (Å²) >= 11 is 1.25. The SMILES string of the molecule is COc1ccc(S(=O)(=O)[C@@H](CNC(=O)c2ccc(F)c(F)c2)c2cccs2)cc1. The maximum absolute atomic E-state index is 13.4. The monoisotopic (exact) mass is 437 g/mol. The average Bonchev–Trinajstić information content (AvgIpc) is 3.24. The first kappa shape index (κ1) is 20.9. The third-order valence-electron chi connectivity index (χ3n) is 4.25. The molecule has 152 valence electrons. The van der Waals surface area contributed by atoms with Crippen LogP contribution in [0.15, 0.2) is 64.9 Å². The Hall–Kier alpha value is -2.78. The summed E-state index contributed by atoms with van der Waals surface area (Å²) < 4.78 is 57.9. The van der Waals surface area contributed by atoms with Crippen molar-refractivity contribution in [3.63, 3.8) is 0 Å². The minimum atomic E-state index is -3.84. The minimum absolute atomic E-state index is 0.0822. The van der Waals surface area contributed by atoms with Gasteiger partial charge in [0.15, 0.2) is 21.5 Å². The van der Waals surface area contributed by atoms with E-state index < -0.39 is 32.6 Å². The predicted octanol–water partition coefficient (Wildman–Crippen LogP) is 3.98. The predicted molar refractivity (Wildman–Crippen MR) is 106 cm³/mol. The standard InChI is InChI=1S/C20H17F2NO4S2/c1-27-14-5-7-15(8-6-14)29(25,26)19(18-3-2-10-28-18)12-23-20(24)13-4-9-16(21)17(22)11-13/h2-11,19H,12H2,1H3,(H,23,24)/t19-/m0/s1. The van der Waals surface area contributed by atoms with Crippen molar-refractivity contribution in [1.82, 2.24) is 5.32 Å². The zero-order valence-corrected chi connectivity index (χ0v) is 16.9. The fourth-order valence-electron chi connectivity index (χ4n) is 2.69. The van der Waals surface area contributed by atoms with E-state index in [1.54, 1.807) is 17.5 Å². The molecule has 0 saturated carbocycles. The molecule has 1 amide bonds. The van der Waals surface area contributed by atoms with Gasteiger partial charge in [0.25, 0.3) is 5.91 Å². The van der Waals surface area contributed by atoms with Crippen LogP contribution < -0.4 is 10.1 Å². The van der Waals surface area contributed by atoms with Crippen molar-refractivity contribution >= 4 is 27.1 Å². The second-order valence-electron chi connectivity index (χ2n) is 6.06. The second kappa shape index (κ2) is 8.71. The summed E-state index contributed by atoms with van der Waals surface area (Å²) in [6.45, 7) is -0.229. The van der Waals surface area contributed by atoms with Gasteiger partial charge in [0, 0.05) is 17.0 Å². The van der Waals surface area contributed by atoms with E-state index in [1.807, 2.05) is 0 Å². The third-order valence-corrected chi connectivity index (χ3v) is 7.49. The molecule has 0 unspecified atom stereocenters. The van der Waals surface area contributed by atoms with Crippen molar-refractivity contribution in [3.05, 3.63) is 82.1 Å². The van der Waals surface area contributed by atoms with Crippen LogP contribution >= 0.6 is 11.3 Å². The third kappa shape index (κ3) is 4.63. The van der Waals surface area contributed by atoms with E-state index in [0.29, 0.717) is 10.6 Å². The summed E-state index contributed by atoms with van der Waals surface area (Å²) in [5.41, 5.74) is -0.101. The Bertz CT molecular complexity index is 1100. The first-order valence-corrected chi connectivity index (χ1v) is 10.9. The minimum Gasteiger partial charge on any atom is -0.497 e. The van der Waals surface area contributed by atoms with Gasteiger partial charge in [-0.05, 0) is 53.9 Å². The van der Waals surface area contributed by atoms with E-state index in [0.717, 1.165) is 18.2 Å². The van der Waals surface area contributed by atoms with Crippen molar-refractivity contribution in [2.24, 2.45) is 0 Å². The van der Waals surface area contributed by atoms with Gasteiger partial charge in [-0.2, -0.15) is 0 Å². The maximum Gasteiger partial charge on any atom is 0.251 e. The Balaban J connectivity index is 1.85. The molecule has 0 aliphatic carbocycles. The van der Waals surface area contributed by atoms with Gasteiger partial charge in [-0.15, -0.1) is 11.3 Å². The lowest BCUT2D eigenvalue weighted by Crippen LogP contribution is -2.31. The van der Waals surface area contributed by atoms with E-state index in [-0.39, 0.29) is 17.0 Å². The molecule has 0 fully saturated rings. The van der Waals surface area contributed by atoms with Gasteiger partial charge in [0.2, 0.25) is 0 Å². The van der Waals surface area contributed by atoms with Crippen LogP contribution in [0, 0.1) is 11.6 Å². The van der Waals surface area contributed by atoms with E-state index in [2.05, 4.69) is 5.32 Å². The molecule has 1 atom stereocenters. The molecule has 0 radical (unpaired) electrons. The number of ether oxygens (including phenoxy) is 1. The highest BCUT2D eigenvalue weighted by atomic mass is 32.2. The summed E-state index contributed by atoms with van der Waals surface area (Å²) in [6.07, 6.45) is 0. The maximum atomic E-state index is 13.4. The Morgan fingerprint density at radius 2 is 1.83 bits per heavy atom. The lowest BCUT2D eigenvalue weighted by atomic mass is 10.2. The Labute approximate surface area is 170 Å². The zero-order valence-electron chi connectivity index (χ0n) is 15.3. The van der Waals surface area contributed by atoms with Gasteiger partial charge in [-0.3, -0.25) is 4.79 Å². The number of methoxy groups -OCH3 is 1. The number of carbonyl (C=O) groups is 1. The van der Waals surface area contributed by atoms with Crippen molar-refractivity contribution in [2.75, 3.05) is 13.7 Å². The highest BCUT2D eigenvalue weighted by Crippen LogP contribution is 2.32. The lowest BCUT2D eigenvalue weighted by molar-refractivity contribution is 0.0953. The Morgan fingerprint density at radius 1 is 1.10 bits per heavy atom. The van der Waals surface area contributed by atoms with E-state index in [1.165, 1.54) is 42.7 Å². The molecule has 3 rings (SSSR count). The fraction of sp³-hybridized carbons (Fsp3) is 0.150. The number of benzene rings is 2. The first-order chi connectivity index (χ1) is 13.8. The van der Waals surface area contributed by atoms with Crippen molar-refractivity contribution in [2.45, 2.75) is 10.1 Å². The van der Waals surface area contributed by atoms with Crippen LogP contribution in [0.1, 0.15) is 20.5 Å². The Morgan fingerprint density at radius 3 is 2.41 bits per heavy atom. The molecular weight excluding hydrogens is 420 g/mol. The number of halogens is 2. The van der Waals surface area contributed by atoms with Gasteiger partial charge in [0.1, 0.15) is 11.0 Å². The number of nitrogens with one attached hydrogen (secondary N) is 1. The molecular formula is C20H17F2NO4S2. The second-order valence-corrected chi connectivity index (χ2v) is 9.17. The molecule has 3 aromatic rings. The number of rotatable bonds is 7. The quantitative estimate of drug-likeness (QED) is 0.607. The van der Waals surface area contributed by atoms with Gasteiger partial charge >= 0.3 is 0 Å². The van der Waals surface area contributed by atoms with Crippen LogP contribution in [0.4, 0.5) is 8.78 Å². The van der Waals surface area contributed by atoms with Crippen LogP contribution in [-0.4, -0.2) is 28.0 Å². The summed E-state index contributed by atoms with van der Waals surface area (Å²) in [4.78, 5) is 13.0. The number of sulfone groups is 1. The van der Waals surface area contributed by atoms with Gasteiger partial charge in [0.05, 0.1) is 12.0 Å². The van der Waals surface area contributed by atoms with E-state index >= 15 is 0 Å². The smallest absolute Gasteiger partial charge is 0.251 e. The zero-order chi connectivity index (χ0) is 21.0. The van der Waals surface area contributed by atoms with Gasteiger partial charge in [-0.25, -0.2) is 17.2 Å². The highest BCUT2D eigenvalue weighted by Gasteiger charge is 2.30. The van der Waals surface area contributed by atoms with Crippen molar-refractivity contribution in [1.29, 1.82) is 0 Å². The van der Waals surface area contributed by atoms with Crippen LogP contribution in [0.25, 0.3) is 0 Å². The first-order valence-electron chi connectivity index (χ1n) is 8.47. The molecule has 2 aromatic carbocycles. The molecule has 1 aromatic heterocycles. The number of amides is 1. The van der Waals surface area contributed by atoms with E-state index in [4.69, 9.17) is 4.74 Å². The summed E-state index contributed by atoms with van der Waals surface area (Å²) in [7, 11) is -2.36. The Kier molecular flexibility index (Phi) is 6.29. The molecule has 0 aliphatic rings. The van der Waals surface area contributed by atoms with Crippen molar-refractivity contribution in [3.8, 4) is 5.75 Å². The molecule has 9 heteroatoms. The van der Waals surface area contributed by atoms with Crippen LogP contribution in [0.3, 0.4) is 0 Å². The molecule has 5 nitrogen and oxygen atoms in total. The van der Waals surface area contributed by atoms with Crippen LogP contribution in [0.5, 0.6) is 5.75 Å². The fourth-order valence-corrected chi connectivity index (χ4v) is 5.48. The molecule has 0 spiro atoms. The number of thiophene rings is 1. The highest BCUT2D eigenvalue weighted by molar-refractivity contribution is 7.91. The van der Waals surface area contributed by atoms with Gasteiger partial charge < -0.3 is 10.1 Å². The molecule has 0 bridgehead atoms. The molecule has 1 N–H and O–H groups in total. The largest absolute Gasteiger partial charge is 0.497 e. The summed E-state index contributed by atoms with van der Waals surface area (Å²) in [5.74, 6) is -2.41. The van der Waals surface area contributed by atoms with Crippen LogP contribution in [0.2, 0.25) is 0 Å². The molecule has 29 heavy (non-hydrogen) atoms. The number of hydrogen-bond acceptors (Lipinski definition) is 5. The van der Waals surface area contributed by atoms with Gasteiger partial charge in [-0.1, -0.05) is 6.07 Å². The topological polar surface area (TPSA) is 72.5 Å². The van der Waals surface area contributed by atoms with Crippen LogP contribution in [-0.2, 0) is 9.84 Å².